The van der Waals surface area contributed by atoms with Crippen LogP contribution < -0.4 is 11.1 Å². The van der Waals surface area contributed by atoms with Crippen molar-refractivity contribution < 1.29 is 5.11 Å². The van der Waals surface area contributed by atoms with Crippen molar-refractivity contribution in [1.82, 2.24) is 24.7 Å². The second kappa shape index (κ2) is 7.77. The maximum Gasteiger partial charge on any atom is 0.222 e. The van der Waals surface area contributed by atoms with Crippen molar-refractivity contribution >= 4 is 33.7 Å². The maximum atomic E-state index is 9.61. The summed E-state index contributed by atoms with van der Waals surface area (Å²) in [7, 11) is 0. The standard InChI is InChI=1S/C20H23N7O/c1-2-3-8-23-19-18-16(25-20(21)26-19)10-24-27(18)11-13-6-7-14(12-28)15-5-4-9-22-17(13)15/h4-7,9-10,28H,2-3,8,11-12H2,1H3,(H3,21,23,25,26). The minimum Gasteiger partial charge on any atom is -0.392 e. The highest BCUT2D eigenvalue weighted by Gasteiger charge is 2.14. The molecular formula is C20H23N7O. The summed E-state index contributed by atoms with van der Waals surface area (Å²) in [5.74, 6) is 0.920. The molecule has 4 aromatic rings. The van der Waals surface area contributed by atoms with Gasteiger partial charge in [-0.25, -0.2) is 4.98 Å². The van der Waals surface area contributed by atoms with E-state index in [-0.39, 0.29) is 12.6 Å². The molecule has 3 aromatic heterocycles. The minimum atomic E-state index is -0.0220. The summed E-state index contributed by atoms with van der Waals surface area (Å²) in [5, 5.41) is 18.4. The number of hydrogen-bond acceptors (Lipinski definition) is 7. The van der Waals surface area contributed by atoms with E-state index in [2.05, 4.69) is 32.3 Å². The highest BCUT2D eigenvalue weighted by Crippen LogP contribution is 2.25. The van der Waals surface area contributed by atoms with Crippen LogP contribution in [0.5, 0.6) is 0 Å². The number of aliphatic hydroxyl groups excluding tert-OH is 1. The van der Waals surface area contributed by atoms with Gasteiger partial charge in [-0.15, -0.1) is 0 Å². The fourth-order valence-corrected chi connectivity index (χ4v) is 3.36. The number of pyridine rings is 1. The lowest BCUT2D eigenvalue weighted by molar-refractivity contribution is 0.283. The molecule has 4 rings (SSSR count). The zero-order chi connectivity index (χ0) is 19.5. The Morgan fingerprint density at radius 1 is 1.18 bits per heavy atom. The van der Waals surface area contributed by atoms with Gasteiger partial charge in [0.25, 0.3) is 0 Å². The molecule has 8 heteroatoms. The Kier molecular flexibility index (Phi) is 5.03. The molecule has 0 fully saturated rings. The lowest BCUT2D eigenvalue weighted by Crippen LogP contribution is -2.10. The number of benzene rings is 1. The zero-order valence-corrected chi connectivity index (χ0v) is 15.8. The van der Waals surface area contributed by atoms with Crippen LogP contribution in [-0.4, -0.2) is 36.4 Å². The topological polar surface area (TPSA) is 115 Å². The van der Waals surface area contributed by atoms with Crippen LogP contribution in [0.2, 0.25) is 0 Å². The Labute approximate surface area is 162 Å². The summed E-state index contributed by atoms with van der Waals surface area (Å²) in [6.45, 7) is 3.44. The fourth-order valence-electron chi connectivity index (χ4n) is 3.36. The molecule has 3 heterocycles. The molecule has 0 aliphatic heterocycles. The first-order chi connectivity index (χ1) is 13.7. The number of nitrogens with zero attached hydrogens (tertiary/aromatic N) is 5. The van der Waals surface area contributed by atoms with Crippen LogP contribution >= 0.6 is 0 Å². The molecule has 0 aliphatic rings. The van der Waals surface area contributed by atoms with Gasteiger partial charge in [0, 0.05) is 18.1 Å². The molecule has 144 valence electrons. The second-order valence-electron chi connectivity index (χ2n) is 6.69. The van der Waals surface area contributed by atoms with Crippen LogP contribution in [0.25, 0.3) is 21.9 Å². The van der Waals surface area contributed by atoms with Gasteiger partial charge >= 0.3 is 0 Å². The van der Waals surface area contributed by atoms with Crippen LogP contribution in [0.4, 0.5) is 11.8 Å². The number of aromatic nitrogens is 5. The number of nitrogen functional groups attached to an aromatic ring is 1. The number of anilines is 2. The highest BCUT2D eigenvalue weighted by atomic mass is 16.3. The van der Waals surface area contributed by atoms with Crippen LogP contribution in [0.3, 0.4) is 0 Å². The Balaban J connectivity index is 1.78. The zero-order valence-electron chi connectivity index (χ0n) is 15.8. The first kappa shape index (κ1) is 18.1. The van der Waals surface area contributed by atoms with Crippen molar-refractivity contribution in [1.29, 1.82) is 0 Å². The minimum absolute atomic E-state index is 0.0220. The third kappa shape index (κ3) is 3.34. The Morgan fingerprint density at radius 3 is 2.86 bits per heavy atom. The first-order valence-electron chi connectivity index (χ1n) is 9.40. The van der Waals surface area contributed by atoms with Gasteiger partial charge in [0.1, 0.15) is 11.0 Å². The van der Waals surface area contributed by atoms with E-state index in [0.717, 1.165) is 46.9 Å². The number of unbranched alkanes of at least 4 members (excludes halogenated alkanes) is 1. The lowest BCUT2D eigenvalue weighted by atomic mass is 10.0. The maximum absolute atomic E-state index is 9.61. The van der Waals surface area contributed by atoms with Crippen molar-refractivity contribution in [3.8, 4) is 0 Å². The number of nitrogens with two attached hydrogens (primary N) is 1. The summed E-state index contributed by atoms with van der Waals surface area (Å²) < 4.78 is 1.87. The van der Waals surface area contributed by atoms with E-state index in [1.165, 1.54) is 0 Å². The summed E-state index contributed by atoms with van der Waals surface area (Å²) >= 11 is 0. The van der Waals surface area contributed by atoms with Gasteiger partial charge in [0.15, 0.2) is 5.82 Å². The van der Waals surface area contributed by atoms with Gasteiger partial charge in [0.05, 0.1) is 24.9 Å². The predicted molar refractivity (Wildman–Crippen MR) is 110 cm³/mol. The smallest absolute Gasteiger partial charge is 0.222 e. The summed E-state index contributed by atoms with van der Waals surface area (Å²) in [4.78, 5) is 13.2. The Morgan fingerprint density at radius 2 is 2.04 bits per heavy atom. The highest BCUT2D eigenvalue weighted by molar-refractivity contribution is 5.88. The van der Waals surface area contributed by atoms with Gasteiger partial charge in [-0.3, -0.25) is 9.67 Å². The van der Waals surface area contributed by atoms with E-state index in [1.807, 2.05) is 28.9 Å². The molecule has 28 heavy (non-hydrogen) atoms. The molecule has 1 aromatic carbocycles. The number of nitrogens with one attached hydrogen (secondary N) is 1. The van der Waals surface area contributed by atoms with E-state index in [9.17, 15) is 5.11 Å². The molecule has 0 atom stereocenters. The average Bonchev–Trinajstić information content (AvgIpc) is 3.11. The van der Waals surface area contributed by atoms with Crippen LogP contribution in [0.15, 0.2) is 36.7 Å². The molecule has 4 N–H and O–H groups in total. The van der Waals surface area contributed by atoms with Crippen LogP contribution in [-0.2, 0) is 13.2 Å². The lowest BCUT2D eigenvalue weighted by Gasteiger charge is -2.12. The molecule has 0 spiro atoms. The van der Waals surface area contributed by atoms with E-state index in [0.29, 0.717) is 17.9 Å². The summed E-state index contributed by atoms with van der Waals surface area (Å²) in [6.07, 6.45) is 5.59. The van der Waals surface area contributed by atoms with E-state index >= 15 is 0 Å². The van der Waals surface area contributed by atoms with Gasteiger partial charge < -0.3 is 16.2 Å². The van der Waals surface area contributed by atoms with Crippen LogP contribution in [0, 0.1) is 0 Å². The molecule has 0 radical (unpaired) electrons. The van der Waals surface area contributed by atoms with Crippen molar-refractivity contribution in [3.63, 3.8) is 0 Å². The van der Waals surface area contributed by atoms with Gasteiger partial charge in [-0.05, 0) is 23.6 Å². The normalized spacial score (nSPS) is 11.4. The Bertz CT molecular complexity index is 1120. The van der Waals surface area contributed by atoms with Crippen molar-refractivity contribution in [2.24, 2.45) is 0 Å². The van der Waals surface area contributed by atoms with Crippen LogP contribution in [0.1, 0.15) is 30.9 Å². The predicted octanol–water partition coefficient (Wildman–Crippen LogP) is 2.71. The number of hydrogen-bond donors (Lipinski definition) is 3. The molecule has 0 unspecified atom stereocenters. The quantitative estimate of drug-likeness (QED) is 0.424. The van der Waals surface area contributed by atoms with Gasteiger partial charge in [-0.2, -0.15) is 10.1 Å². The molecule has 0 saturated carbocycles. The molecule has 8 nitrogen and oxygen atoms in total. The SMILES string of the molecule is CCCCNc1nc(N)nc2cnn(Cc3ccc(CO)c4cccnc34)c12. The van der Waals surface area contributed by atoms with Crippen molar-refractivity contribution in [2.45, 2.75) is 32.9 Å². The Hall–Kier alpha value is -3.26. The third-order valence-corrected chi connectivity index (χ3v) is 4.76. The van der Waals surface area contributed by atoms with Gasteiger partial charge in [-0.1, -0.05) is 31.5 Å². The van der Waals surface area contributed by atoms with Crippen molar-refractivity contribution in [2.75, 3.05) is 17.6 Å². The van der Waals surface area contributed by atoms with E-state index in [1.54, 1.807) is 12.4 Å². The first-order valence-corrected chi connectivity index (χ1v) is 9.40. The monoisotopic (exact) mass is 377 g/mol. The number of fused-ring (bicyclic) bond motifs is 2. The number of rotatable bonds is 7. The number of aliphatic hydroxyl groups is 1. The molecule has 0 amide bonds. The molecule has 0 saturated heterocycles. The average molecular weight is 377 g/mol. The summed E-state index contributed by atoms with van der Waals surface area (Å²) in [5.41, 5.74) is 10.1. The largest absolute Gasteiger partial charge is 0.392 e. The third-order valence-electron chi connectivity index (χ3n) is 4.76. The second-order valence-corrected chi connectivity index (χ2v) is 6.69. The molecular weight excluding hydrogens is 354 g/mol. The fraction of sp³-hybridized carbons (Fsp3) is 0.300. The van der Waals surface area contributed by atoms with Gasteiger partial charge in [0.2, 0.25) is 5.95 Å². The summed E-state index contributed by atoms with van der Waals surface area (Å²) in [6, 6.07) is 7.76. The van der Waals surface area contributed by atoms with E-state index in [4.69, 9.17) is 5.73 Å². The molecule has 0 bridgehead atoms. The molecule has 0 aliphatic carbocycles. The van der Waals surface area contributed by atoms with E-state index < -0.39 is 0 Å². The van der Waals surface area contributed by atoms with Crippen molar-refractivity contribution in [3.05, 3.63) is 47.8 Å².